The quantitative estimate of drug-likeness (QED) is 0.877. The van der Waals surface area contributed by atoms with Gasteiger partial charge < -0.3 is 14.7 Å². The number of methoxy groups -OCH3 is 1. The van der Waals surface area contributed by atoms with Crippen molar-refractivity contribution in [1.29, 1.82) is 0 Å². The van der Waals surface area contributed by atoms with Gasteiger partial charge in [-0.1, -0.05) is 11.3 Å². The van der Waals surface area contributed by atoms with Gasteiger partial charge in [0.25, 0.3) is 5.91 Å². The molecule has 1 N–H and O–H groups in total. The van der Waals surface area contributed by atoms with Gasteiger partial charge >= 0.3 is 5.97 Å². The fourth-order valence-corrected chi connectivity index (χ4v) is 2.98. The van der Waals surface area contributed by atoms with Crippen LogP contribution in [0, 0.1) is 0 Å². The number of nitrogens with zero attached hydrogens (tertiary/aromatic N) is 4. The Morgan fingerprint density at radius 3 is 2.92 bits per heavy atom. The monoisotopic (exact) mass is 330 g/mol. The molecule has 8 heteroatoms. The normalized spacial score (nSPS) is 20.3. The average molecular weight is 330 g/mol. The number of carbonyl (C=O) groups is 2. The van der Waals surface area contributed by atoms with Gasteiger partial charge in [-0.3, -0.25) is 9.59 Å². The summed E-state index contributed by atoms with van der Waals surface area (Å²) in [5.41, 5.74) is 1.20. The summed E-state index contributed by atoms with van der Waals surface area (Å²) in [6.07, 6.45) is 3.54. The number of benzene rings is 1. The Morgan fingerprint density at radius 1 is 1.42 bits per heavy atom. The van der Waals surface area contributed by atoms with Gasteiger partial charge in [-0.25, -0.2) is 4.68 Å². The summed E-state index contributed by atoms with van der Waals surface area (Å²) < 4.78 is 6.88. The van der Waals surface area contributed by atoms with E-state index in [9.17, 15) is 9.59 Å². The van der Waals surface area contributed by atoms with E-state index in [1.807, 2.05) is 6.07 Å². The Bertz CT molecular complexity index is 731. The Labute approximate surface area is 138 Å². The maximum absolute atomic E-state index is 12.9. The highest BCUT2D eigenvalue weighted by Crippen LogP contribution is 2.25. The van der Waals surface area contributed by atoms with Crippen LogP contribution in [0.4, 0.5) is 0 Å². The molecule has 0 aliphatic carbocycles. The molecule has 0 bridgehead atoms. The van der Waals surface area contributed by atoms with Crippen LogP contribution in [-0.4, -0.2) is 62.7 Å². The van der Waals surface area contributed by atoms with Crippen molar-refractivity contribution in [2.75, 3.05) is 13.7 Å². The molecule has 24 heavy (non-hydrogen) atoms. The van der Waals surface area contributed by atoms with Crippen molar-refractivity contribution in [3.63, 3.8) is 0 Å². The number of carboxylic acids is 1. The van der Waals surface area contributed by atoms with Crippen molar-refractivity contribution >= 4 is 11.9 Å². The van der Waals surface area contributed by atoms with E-state index in [0.717, 1.165) is 5.69 Å². The zero-order valence-electron chi connectivity index (χ0n) is 13.2. The molecule has 0 saturated carbocycles. The summed E-state index contributed by atoms with van der Waals surface area (Å²) in [6, 6.07) is 6.65. The van der Waals surface area contributed by atoms with Crippen LogP contribution < -0.4 is 0 Å². The molecule has 8 nitrogen and oxygen atoms in total. The second-order valence-corrected chi connectivity index (χ2v) is 5.70. The standard InChI is InChI=1S/C16H18N4O4/c1-24-14-8-13(9-15(21)22)19(10-14)16(23)11-3-2-4-12(7-11)20-6-5-17-18-20/h2-7,13-14H,8-10H2,1H3,(H,21,22). The maximum atomic E-state index is 12.9. The molecule has 1 aliphatic rings. The van der Waals surface area contributed by atoms with Crippen molar-refractivity contribution in [1.82, 2.24) is 19.9 Å². The van der Waals surface area contributed by atoms with Crippen molar-refractivity contribution < 1.29 is 19.4 Å². The van der Waals surface area contributed by atoms with Crippen LogP contribution in [0.15, 0.2) is 36.7 Å². The zero-order valence-corrected chi connectivity index (χ0v) is 13.2. The molecule has 3 rings (SSSR count). The van der Waals surface area contributed by atoms with Gasteiger partial charge in [0.2, 0.25) is 0 Å². The van der Waals surface area contributed by atoms with Crippen LogP contribution in [0.3, 0.4) is 0 Å². The zero-order chi connectivity index (χ0) is 17.1. The highest BCUT2D eigenvalue weighted by Gasteiger charge is 2.36. The number of amides is 1. The van der Waals surface area contributed by atoms with Gasteiger partial charge in [0.15, 0.2) is 0 Å². The first kappa shape index (κ1) is 16.1. The summed E-state index contributed by atoms with van der Waals surface area (Å²) in [5, 5.41) is 16.7. The highest BCUT2D eigenvalue weighted by atomic mass is 16.5. The fourth-order valence-electron chi connectivity index (χ4n) is 2.98. The lowest BCUT2D eigenvalue weighted by Crippen LogP contribution is -2.37. The minimum Gasteiger partial charge on any atom is -0.481 e. The van der Waals surface area contributed by atoms with E-state index in [0.29, 0.717) is 18.5 Å². The van der Waals surface area contributed by atoms with E-state index in [-0.39, 0.29) is 24.5 Å². The molecule has 2 aromatic rings. The van der Waals surface area contributed by atoms with Crippen molar-refractivity contribution in [3.05, 3.63) is 42.2 Å². The van der Waals surface area contributed by atoms with E-state index < -0.39 is 5.97 Å². The summed E-state index contributed by atoms with van der Waals surface area (Å²) in [7, 11) is 1.57. The number of aromatic nitrogens is 3. The molecular formula is C16H18N4O4. The first-order valence-electron chi connectivity index (χ1n) is 7.61. The van der Waals surface area contributed by atoms with Crippen LogP contribution in [0.1, 0.15) is 23.2 Å². The summed E-state index contributed by atoms with van der Waals surface area (Å²) in [4.78, 5) is 25.5. The molecular weight excluding hydrogens is 312 g/mol. The molecule has 1 aromatic heterocycles. The number of hydrogen-bond acceptors (Lipinski definition) is 5. The van der Waals surface area contributed by atoms with E-state index in [2.05, 4.69) is 10.3 Å². The lowest BCUT2D eigenvalue weighted by molar-refractivity contribution is -0.137. The number of ether oxygens (including phenoxy) is 1. The second-order valence-electron chi connectivity index (χ2n) is 5.70. The van der Waals surface area contributed by atoms with E-state index >= 15 is 0 Å². The Kier molecular flexibility index (Phi) is 4.57. The van der Waals surface area contributed by atoms with Crippen molar-refractivity contribution in [2.45, 2.75) is 25.0 Å². The van der Waals surface area contributed by atoms with Crippen LogP contribution in [0.2, 0.25) is 0 Å². The minimum absolute atomic E-state index is 0.0889. The third kappa shape index (κ3) is 3.28. The number of aliphatic carboxylic acids is 1. The molecule has 2 atom stereocenters. The van der Waals surface area contributed by atoms with Crippen LogP contribution in [-0.2, 0) is 9.53 Å². The SMILES string of the molecule is COC1CC(CC(=O)O)N(C(=O)c2cccc(-n3ccnn3)c2)C1. The lowest BCUT2D eigenvalue weighted by Gasteiger charge is -2.23. The van der Waals surface area contributed by atoms with Crippen LogP contribution >= 0.6 is 0 Å². The van der Waals surface area contributed by atoms with Gasteiger partial charge in [-0.05, 0) is 24.6 Å². The van der Waals surface area contributed by atoms with Gasteiger partial charge in [0.05, 0.1) is 30.6 Å². The van der Waals surface area contributed by atoms with Crippen LogP contribution in [0.25, 0.3) is 5.69 Å². The van der Waals surface area contributed by atoms with E-state index in [1.165, 1.54) is 0 Å². The number of likely N-dealkylation sites (tertiary alicyclic amines) is 1. The van der Waals surface area contributed by atoms with E-state index in [1.54, 1.807) is 47.3 Å². The smallest absolute Gasteiger partial charge is 0.305 e. The molecule has 1 fully saturated rings. The van der Waals surface area contributed by atoms with Crippen LogP contribution in [0.5, 0.6) is 0 Å². The Hall–Kier alpha value is -2.74. The Balaban J connectivity index is 1.84. The van der Waals surface area contributed by atoms with Gasteiger partial charge in [-0.2, -0.15) is 0 Å². The molecule has 2 unspecified atom stereocenters. The predicted molar refractivity (Wildman–Crippen MR) is 83.9 cm³/mol. The molecule has 126 valence electrons. The topological polar surface area (TPSA) is 97.6 Å². The fraction of sp³-hybridized carbons (Fsp3) is 0.375. The predicted octanol–water partition coefficient (Wildman–Crippen LogP) is 0.971. The number of rotatable bonds is 5. The molecule has 1 saturated heterocycles. The summed E-state index contributed by atoms with van der Waals surface area (Å²) in [5.74, 6) is -1.13. The molecule has 1 amide bonds. The minimum atomic E-state index is -0.925. The molecule has 2 heterocycles. The van der Waals surface area contributed by atoms with Crippen molar-refractivity contribution in [2.24, 2.45) is 0 Å². The molecule has 1 aliphatic heterocycles. The third-order valence-corrected chi connectivity index (χ3v) is 4.16. The van der Waals surface area contributed by atoms with Crippen molar-refractivity contribution in [3.8, 4) is 5.69 Å². The largest absolute Gasteiger partial charge is 0.481 e. The lowest BCUT2D eigenvalue weighted by atomic mass is 10.1. The molecule has 0 spiro atoms. The van der Waals surface area contributed by atoms with E-state index in [4.69, 9.17) is 9.84 Å². The highest BCUT2D eigenvalue weighted by molar-refractivity contribution is 5.95. The first-order valence-corrected chi connectivity index (χ1v) is 7.61. The van der Waals surface area contributed by atoms with Gasteiger partial charge in [0, 0.05) is 25.3 Å². The summed E-state index contributed by atoms with van der Waals surface area (Å²) in [6.45, 7) is 0.390. The maximum Gasteiger partial charge on any atom is 0.305 e. The molecule has 1 aromatic carbocycles. The second kappa shape index (κ2) is 6.79. The Morgan fingerprint density at radius 2 is 2.25 bits per heavy atom. The first-order chi connectivity index (χ1) is 11.6. The number of hydrogen-bond donors (Lipinski definition) is 1. The van der Waals surface area contributed by atoms with Gasteiger partial charge in [0.1, 0.15) is 0 Å². The third-order valence-electron chi connectivity index (χ3n) is 4.16. The summed E-state index contributed by atoms with van der Waals surface area (Å²) >= 11 is 0. The number of carboxylic acid groups (broad SMARTS) is 1. The number of carbonyl (C=O) groups excluding carboxylic acids is 1. The molecule has 0 radical (unpaired) electrons. The van der Waals surface area contributed by atoms with Gasteiger partial charge in [-0.15, -0.1) is 5.10 Å². The average Bonchev–Trinajstić information content (AvgIpc) is 3.23.